The van der Waals surface area contributed by atoms with Gasteiger partial charge in [0, 0.05) is 13.6 Å². The zero-order valence-electron chi connectivity index (χ0n) is 11.0. The largest absolute Gasteiger partial charge is 0.381 e. The number of carbonyl (C=O) groups excluding carboxylic acids is 2. The molecule has 2 unspecified atom stereocenters. The first-order chi connectivity index (χ1) is 9.11. The van der Waals surface area contributed by atoms with E-state index in [1.807, 2.05) is 24.3 Å². The van der Waals surface area contributed by atoms with Crippen LogP contribution in [0.3, 0.4) is 0 Å². The van der Waals surface area contributed by atoms with E-state index in [9.17, 15) is 9.59 Å². The van der Waals surface area contributed by atoms with Crippen molar-refractivity contribution >= 4 is 23.2 Å². The molecule has 1 aliphatic rings. The Balaban J connectivity index is 1.97. The Bertz CT molecular complexity index is 489. The van der Waals surface area contributed by atoms with Crippen molar-refractivity contribution in [2.45, 2.75) is 19.0 Å². The van der Waals surface area contributed by atoms with Crippen LogP contribution in [0.5, 0.6) is 0 Å². The molecule has 4 N–H and O–H groups in total. The fourth-order valence-electron chi connectivity index (χ4n) is 1.97. The monoisotopic (exact) mass is 262 g/mol. The molecular weight excluding hydrogens is 244 g/mol. The third-order valence-corrected chi connectivity index (χ3v) is 3.07. The Morgan fingerprint density at radius 1 is 1.32 bits per heavy atom. The van der Waals surface area contributed by atoms with Crippen molar-refractivity contribution in [3.8, 4) is 0 Å². The Morgan fingerprint density at radius 3 is 2.68 bits per heavy atom. The number of hydrogen-bond donors (Lipinski definition) is 4. The molecule has 6 heteroatoms. The molecule has 2 rings (SSSR count). The van der Waals surface area contributed by atoms with E-state index in [1.165, 1.54) is 0 Å². The molecule has 2 atom stereocenters. The summed E-state index contributed by atoms with van der Waals surface area (Å²) in [6.45, 7) is 2.14. The molecular formula is C13H18N4O2. The summed E-state index contributed by atoms with van der Waals surface area (Å²) in [5.41, 5.74) is 1.87. The summed E-state index contributed by atoms with van der Waals surface area (Å²) in [7, 11) is 1.54. The average Bonchev–Trinajstić information content (AvgIpc) is 2.45. The lowest BCUT2D eigenvalue weighted by Gasteiger charge is -2.28. The van der Waals surface area contributed by atoms with Crippen molar-refractivity contribution in [2.24, 2.45) is 0 Å². The van der Waals surface area contributed by atoms with Gasteiger partial charge in [-0.2, -0.15) is 0 Å². The maximum absolute atomic E-state index is 12.0. The van der Waals surface area contributed by atoms with Gasteiger partial charge in [-0.05, 0) is 19.1 Å². The van der Waals surface area contributed by atoms with Crippen LogP contribution in [0.4, 0.5) is 11.4 Å². The van der Waals surface area contributed by atoms with Crippen molar-refractivity contribution in [2.75, 3.05) is 24.2 Å². The van der Waals surface area contributed by atoms with E-state index in [2.05, 4.69) is 21.3 Å². The summed E-state index contributed by atoms with van der Waals surface area (Å²) in [6, 6.07) is 6.76. The van der Waals surface area contributed by atoms with Crippen molar-refractivity contribution < 1.29 is 9.59 Å². The first-order valence-corrected chi connectivity index (χ1v) is 6.23. The van der Waals surface area contributed by atoms with Gasteiger partial charge in [0.05, 0.1) is 11.4 Å². The molecule has 0 bridgehead atoms. The molecule has 1 aliphatic heterocycles. The molecule has 0 aromatic heterocycles. The van der Waals surface area contributed by atoms with E-state index in [0.717, 1.165) is 11.4 Å². The van der Waals surface area contributed by atoms with Crippen LogP contribution < -0.4 is 21.3 Å². The number of likely N-dealkylation sites (N-methyl/N-ethyl adjacent to an activating group) is 1. The highest BCUT2D eigenvalue weighted by atomic mass is 16.2. The van der Waals surface area contributed by atoms with Crippen molar-refractivity contribution in [1.29, 1.82) is 0 Å². The SMILES string of the molecule is CNC(=O)C(C)NC(=O)C1CNc2ccccc2N1. The van der Waals surface area contributed by atoms with Crippen LogP contribution in [0.1, 0.15) is 6.92 Å². The van der Waals surface area contributed by atoms with Gasteiger partial charge in [0.25, 0.3) is 0 Å². The number of hydrogen-bond acceptors (Lipinski definition) is 4. The molecule has 6 nitrogen and oxygen atoms in total. The van der Waals surface area contributed by atoms with E-state index in [1.54, 1.807) is 14.0 Å². The van der Waals surface area contributed by atoms with Gasteiger partial charge >= 0.3 is 0 Å². The second kappa shape index (κ2) is 5.60. The third kappa shape index (κ3) is 2.96. The van der Waals surface area contributed by atoms with Crippen LogP contribution in [-0.4, -0.2) is 37.5 Å². The molecule has 1 aromatic carbocycles. The normalized spacial score (nSPS) is 18.3. The number of fused-ring (bicyclic) bond motifs is 1. The summed E-state index contributed by atoms with van der Waals surface area (Å²) in [5, 5.41) is 11.5. The van der Waals surface area contributed by atoms with E-state index < -0.39 is 6.04 Å². The first-order valence-electron chi connectivity index (χ1n) is 6.23. The fourth-order valence-corrected chi connectivity index (χ4v) is 1.97. The molecule has 0 spiro atoms. The van der Waals surface area contributed by atoms with Gasteiger partial charge in [-0.1, -0.05) is 12.1 Å². The quantitative estimate of drug-likeness (QED) is 0.624. The molecule has 1 aromatic rings. The molecule has 0 aliphatic carbocycles. The molecule has 19 heavy (non-hydrogen) atoms. The van der Waals surface area contributed by atoms with Gasteiger partial charge in [-0.25, -0.2) is 0 Å². The number of carbonyl (C=O) groups is 2. The topological polar surface area (TPSA) is 82.3 Å². The standard InChI is InChI=1S/C13H18N4O2/c1-8(12(18)14-2)16-13(19)11-7-15-9-5-3-4-6-10(9)17-11/h3-6,8,11,15,17H,7H2,1-2H3,(H,14,18)(H,16,19). The number of anilines is 2. The summed E-state index contributed by atoms with van der Waals surface area (Å²) >= 11 is 0. The highest BCUT2D eigenvalue weighted by Crippen LogP contribution is 2.25. The number of rotatable bonds is 3. The average molecular weight is 262 g/mol. The predicted octanol–water partition coefficient (Wildman–Crippen LogP) is 0.143. The third-order valence-electron chi connectivity index (χ3n) is 3.07. The first kappa shape index (κ1) is 13.2. The minimum absolute atomic E-state index is 0.196. The highest BCUT2D eigenvalue weighted by molar-refractivity contribution is 5.92. The van der Waals surface area contributed by atoms with Crippen LogP contribution in [0, 0.1) is 0 Å². The lowest BCUT2D eigenvalue weighted by atomic mass is 10.1. The highest BCUT2D eigenvalue weighted by Gasteiger charge is 2.25. The molecule has 0 fully saturated rings. The van der Waals surface area contributed by atoms with Crippen molar-refractivity contribution in [1.82, 2.24) is 10.6 Å². The summed E-state index contributed by atoms with van der Waals surface area (Å²) in [5.74, 6) is -0.407. The van der Waals surface area contributed by atoms with Gasteiger partial charge in [-0.15, -0.1) is 0 Å². The Kier molecular flexibility index (Phi) is 3.89. The maximum Gasteiger partial charge on any atom is 0.244 e. The zero-order valence-corrected chi connectivity index (χ0v) is 11.0. The fraction of sp³-hybridized carbons (Fsp3) is 0.385. The van der Waals surface area contributed by atoms with Gasteiger partial charge < -0.3 is 21.3 Å². The molecule has 0 saturated carbocycles. The van der Waals surface area contributed by atoms with Crippen LogP contribution >= 0.6 is 0 Å². The Hall–Kier alpha value is -2.24. The molecule has 102 valence electrons. The summed E-state index contributed by atoms with van der Waals surface area (Å²) in [4.78, 5) is 23.4. The van der Waals surface area contributed by atoms with Gasteiger partial charge in [0.1, 0.15) is 12.1 Å². The summed E-state index contributed by atoms with van der Waals surface area (Å²) < 4.78 is 0. The van der Waals surface area contributed by atoms with Crippen molar-refractivity contribution in [3.63, 3.8) is 0 Å². The number of para-hydroxylation sites is 2. The lowest BCUT2D eigenvalue weighted by Crippen LogP contribution is -2.52. The van der Waals surface area contributed by atoms with E-state index in [4.69, 9.17) is 0 Å². The smallest absolute Gasteiger partial charge is 0.244 e. The summed E-state index contributed by atoms with van der Waals surface area (Å²) in [6.07, 6.45) is 0. The number of amides is 2. The van der Waals surface area contributed by atoms with Gasteiger partial charge in [-0.3, -0.25) is 9.59 Å². The van der Waals surface area contributed by atoms with Crippen LogP contribution in [0.25, 0.3) is 0 Å². The lowest BCUT2D eigenvalue weighted by molar-refractivity contribution is -0.128. The van der Waals surface area contributed by atoms with Crippen LogP contribution in [-0.2, 0) is 9.59 Å². The molecule has 0 saturated heterocycles. The minimum atomic E-state index is -0.545. The van der Waals surface area contributed by atoms with Crippen LogP contribution in [0.2, 0.25) is 0 Å². The maximum atomic E-state index is 12.0. The van der Waals surface area contributed by atoms with Gasteiger partial charge in [0.15, 0.2) is 0 Å². The van der Waals surface area contributed by atoms with Gasteiger partial charge in [0.2, 0.25) is 11.8 Å². The molecule has 2 amide bonds. The predicted molar refractivity (Wildman–Crippen MR) is 74.0 cm³/mol. The second-order valence-electron chi connectivity index (χ2n) is 4.47. The molecule has 0 radical (unpaired) electrons. The van der Waals surface area contributed by atoms with Crippen molar-refractivity contribution in [3.05, 3.63) is 24.3 Å². The van der Waals surface area contributed by atoms with Crippen LogP contribution in [0.15, 0.2) is 24.3 Å². The van der Waals surface area contributed by atoms with E-state index in [-0.39, 0.29) is 17.9 Å². The van der Waals surface area contributed by atoms with E-state index in [0.29, 0.717) is 6.54 Å². The second-order valence-corrected chi connectivity index (χ2v) is 4.47. The Labute approximate surface area is 112 Å². The number of nitrogens with one attached hydrogen (secondary N) is 4. The molecule has 1 heterocycles. The minimum Gasteiger partial charge on any atom is -0.381 e. The zero-order chi connectivity index (χ0) is 13.8. The van der Waals surface area contributed by atoms with E-state index >= 15 is 0 Å². The number of benzene rings is 1. The Morgan fingerprint density at radius 2 is 2.00 bits per heavy atom.